The number of aromatic nitrogens is 1. The molecule has 1 aromatic heterocycles. The molecule has 1 fully saturated rings. The van der Waals surface area contributed by atoms with Crippen LogP contribution in [0, 0.1) is 11.3 Å². The fourth-order valence-electron chi connectivity index (χ4n) is 3.03. The van der Waals surface area contributed by atoms with Crippen LogP contribution in [0.25, 0.3) is 0 Å². The molecule has 1 aliphatic rings. The van der Waals surface area contributed by atoms with Gasteiger partial charge in [-0.3, -0.25) is 4.79 Å². The van der Waals surface area contributed by atoms with Crippen molar-refractivity contribution < 1.29 is 14.3 Å². The third-order valence-electron chi connectivity index (χ3n) is 4.36. The predicted octanol–water partition coefficient (Wildman–Crippen LogP) is 2.53. The van der Waals surface area contributed by atoms with Crippen molar-refractivity contribution in [2.75, 3.05) is 27.3 Å². The molecule has 2 aromatic rings. The number of carbonyl (C=O) groups excluding carboxylic acids is 1. The molecule has 1 atom stereocenters. The third-order valence-corrected chi connectivity index (χ3v) is 4.36. The molecule has 1 aliphatic heterocycles. The summed E-state index contributed by atoms with van der Waals surface area (Å²) in [6.07, 6.45) is 2.43. The largest absolute Gasteiger partial charge is 0.497 e. The highest BCUT2D eigenvalue weighted by Gasteiger charge is 2.29. The number of nitriles is 1. The van der Waals surface area contributed by atoms with Gasteiger partial charge in [0.05, 0.1) is 19.8 Å². The third kappa shape index (κ3) is 3.06. The van der Waals surface area contributed by atoms with E-state index in [0.717, 1.165) is 23.5 Å². The summed E-state index contributed by atoms with van der Waals surface area (Å²) in [5.74, 6) is 1.66. The Morgan fingerprint density at radius 1 is 1.25 bits per heavy atom. The number of methoxy groups -OCH3 is 2. The molecule has 0 saturated carbocycles. The minimum absolute atomic E-state index is 0.0751. The van der Waals surface area contributed by atoms with E-state index in [1.807, 2.05) is 29.2 Å². The van der Waals surface area contributed by atoms with Crippen molar-refractivity contribution in [1.29, 1.82) is 5.26 Å². The fraction of sp³-hybridized carbons (Fsp3) is 0.333. The van der Waals surface area contributed by atoms with Crippen molar-refractivity contribution in [3.63, 3.8) is 0 Å². The zero-order valence-electron chi connectivity index (χ0n) is 13.7. The Morgan fingerprint density at radius 2 is 1.96 bits per heavy atom. The first-order valence-electron chi connectivity index (χ1n) is 7.75. The summed E-state index contributed by atoms with van der Waals surface area (Å²) in [5.41, 5.74) is 2.02. The lowest BCUT2D eigenvalue weighted by Gasteiger charge is -2.17. The second-order valence-corrected chi connectivity index (χ2v) is 5.80. The van der Waals surface area contributed by atoms with Crippen LogP contribution in [0.1, 0.15) is 34.0 Å². The van der Waals surface area contributed by atoms with E-state index in [1.165, 1.54) is 0 Å². The van der Waals surface area contributed by atoms with Gasteiger partial charge in [-0.05, 0) is 30.2 Å². The molecule has 6 nitrogen and oxygen atoms in total. The number of H-pyrrole nitrogens is 1. The first-order valence-corrected chi connectivity index (χ1v) is 7.75. The maximum Gasteiger partial charge on any atom is 0.270 e. The second kappa shape index (κ2) is 6.67. The summed E-state index contributed by atoms with van der Waals surface area (Å²) in [7, 11) is 3.25. The number of ether oxygens (including phenoxy) is 2. The van der Waals surface area contributed by atoms with Gasteiger partial charge in [-0.1, -0.05) is 0 Å². The Kier molecular flexibility index (Phi) is 4.43. The zero-order valence-corrected chi connectivity index (χ0v) is 13.7. The Labute approximate surface area is 140 Å². The lowest BCUT2D eigenvalue weighted by Crippen LogP contribution is -2.28. The number of nitrogens with zero attached hydrogens (tertiary/aromatic N) is 2. The normalized spacial score (nSPS) is 16.7. The van der Waals surface area contributed by atoms with Gasteiger partial charge in [0, 0.05) is 31.3 Å². The molecule has 0 radical (unpaired) electrons. The average molecular weight is 325 g/mol. The van der Waals surface area contributed by atoms with Crippen molar-refractivity contribution in [2.24, 2.45) is 0 Å². The highest BCUT2D eigenvalue weighted by molar-refractivity contribution is 5.93. The Bertz CT molecular complexity index is 769. The molecule has 24 heavy (non-hydrogen) atoms. The van der Waals surface area contributed by atoms with E-state index in [-0.39, 0.29) is 11.8 Å². The summed E-state index contributed by atoms with van der Waals surface area (Å²) in [6, 6.07) is 9.43. The number of aromatic amines is 1. The minimum Gasteiger partial charge on any atom is -0.497 e. The molecule has 0 bridgehead atoms. The Hall–Kier alpha value is -2.94. The quantitative estimate of drug-likeness (QED) is 0.937. The lowest BCUT2D eigenvalue weighted by molar-refractivity contribution is 0.0785. The maximum atomic E-state index is 12.5. The van der Waals surface area contributed by atoms with Gasteiger partial charge in [0.2, 0.25) is 0 Å². The highest BCUT2D eigenvalue weighted by Crippen LogP contribution is 2.33. The van der Waals surface area contributed by atoms with Crippen molar-refractivity contribution in [3.05, 3.63) is 47.3 Å². The van der Waals surface area contributed by atoms with Crippen LogP contribution >= 0.6 is 0 Å². The SMILES string of the molecule is COc1cc(OC)cc(C2CCN(C(=O)c3cc(C#N)c[nH]3)C2)c1. The molecule has 1 aromatic carbocycles. The summed E-state index contributed by atoms with van der Waals surface area (Å²) in [5, 5.41) is 8.87. The van der Waals surface area contributed by atoms with E-state index >= 15 is 0 Å². The standard InChI is InChI=1S/C18H19N3O3/c1-23-15-6-14(7-16(8-15)24-2)13-3-4-21(11-13)18(22)17-5-12(9-19)10-20-17/h5-8,10,13,20H,3-4,11H2,1-2H3. The number of carbonyl (C=O) groups is 1. The van der Waals surface area contributed by atoms with Gasteiger partial charge in [-0.15, -0.1) is 0 Å². The van der Waals surface area contributed by atoms with E-state index in [2.05, 4.69) is 4.98 Å². The Morgan fingerprint density at radius 3 is 2.54 bits per heavy atom. The molecule has 0 spiro atoms. The molecule has 1 saturated heterocycles. The molecule has 6 heteroatoms. The minimum atomic E-state index is -0.0751. The Balaban J connectivity index is 1.75. The van der Waals surface area contributed by atoms with Gasteiger partial charge in [0.25, 0.3) is 5.91 Å². The van der Waals surface area contributed by atoms with Gasteiger partial charge in [0.1, 0.15) is 23.3 Å². The smallest absolute Gasteiger partial charge is 0.270 e. The van der Waals surface area contributed by atoms with Crippen LogP contribution in [0.4, 0.5) is 0 Å². The first kappa shape index (κ1) is 15.9. The summed E-state index contributed by atoms with van der Waals surface area (Å²) < 4.78 is 10.6. The molecule has 2 heterocycles. The zero-order chi connectivity index (χ0) is 17.1. The van der Waals surface area contributed by atoms with Crippen molar-refractivity contribution >= 4 is 5.91 Å². The summed E-state index contributed by atoms with van der Waals surface area (Å²) >= 11 is 0. The topological polar surface area (TPSA) is 78.3 Å². The van der Waals surface area contributed by atoms with Crippen molar-refractivity contribution in [1.82, 2.24) is 9.88 Å². The van der Waals surface area contributed by atoms with Crippen molar-refractivity contribution in [2.45, 2.75) is 12.3 Å². The van der Waals surface area contributed by atoms with Gasteiger partial charge < -0.3 is 19.4 Å². The summed E-state index contributed by atoms with van der Waals surface area (Å²) in [4.78, 5) is 17.2. The van der Waals surface area contributed by atoms with Gasteiger partial charge in [0.15, 0.2) is 0 Å². The van der Waals surface area contributed by atoms with Gasteiger partial charge in [-0.2, -0.15) is 5.26 Å². The van der Waals surface area contributed by atoms with Gasteiger partial charge in [-0.25, -0.2) is 0 Å². The molecule has 1 N–H and O–H groups in total. The number of hydrogen-bond donors (Lipinski definition) is 1. The second-order valence-electron chi connectivity index (χ2n) is 5.80. The summed E-state index contributed by atoms with van der Waals surface area (Å²) in [6.45, 7) is 1.32. The van der Waals surface area contributed by atoms with E-state index in [0.29, 0.717) is 24.3 Å². The number of rotatable bonds is 4. The monoisotopic (exact) mass is 325 g/mol. The van der Waals surface area contributed by atoms with E-state index in [1.54, 1.807) is 26.5 Å². The number of nitrogens with one attached hydrogen (secondary N) is 1. The fourth-order valence-corrected chi connectivity index (χ4v) is 3.03. The number of hydrogen-bond acceptors (Lipinski definition) is 4. The predicted molar refractivity (Wildman–Crippen MR) is 88.3 cm³/mol. The van der Waals surface area contributed by atoms with Crippen LogP contribution in [0.5, 0.6) is 11.5 Å². The van der Waals surface area contributed by atoms with E-state index < -0.39 is 0 Å². The van der Waals surface area contributed by atoms with Gasteiger partial charge >= 0.3 is 0 Å². The van der Waals surface area contributed by atoms with Crippen LogP contribution in [-0.4, -0.2) is 43.1 Å². The van der Waals surface area contributed by atoms with E-state index in [4.69, 9.17) is 14.7 Å². The molecular weight excluding hydrogens is 306 g/mol. The van der Waals surface area contributed by atoms with Crippen molar-refractivity contribution in [3.8, 4) is 17.6 Å². The highest BCUT2D eigenvalue weighted by atomic mass is 16.5. The van der Waals surface area contributed by atoms with Crippen LogP contribution in [0.3, 0.4) is 0 Å². The van der Waals surface area contributed by atoms with Crippen LogP contribution in [0.15, 0.2) is 30.5 Å². The maximum absolute atomic E-state index is 12.5. The van der Waals surface area contributed by atoms with E-state index in [9.17, 15) is 4.79 Å². The average Bonchev–Trinajstić information content (AvgIpc) is 3.30. The molecule has 124 valence electrons. The molecule has 0 aliphatic carbocycles. The van der Waals surface area contributed by atoms with Crippen LogP contribution in [-0.2, 0) is 0 Å². The number of benzene rings is 1. The molecular formula is C18H19N3O3. The molecule has 1 amide bonds. The molecule has 3 rings (SSSR count). The lowest BCUT2D eigenvalue weighted by atomic mass is 9.98. The number of likely N-dealkylation sites (tertiary alicyclic amines) is 1. The van der Waals surface area contributed by atoms with Crippen LogP contribution in [0.2, 0.25) is 0 Å². The van der Waals surface area contributed by atoms with Crippen LogP contribution < -0.4 is 9.47 Å². The number of amides is 1. The first-order chi connectivity index (χ1) is 11.6. The molecule has 1 unspecified atom stereocenters.